The Balaban J connectivity index is 1.71. The second kappa shape index (κ2) is 9.02. The van der Waals surface area contributed by atoms with Crippen molar-refractivity contribution in [2.75, 3.05) is 23.3 Å². The molecule has 158 valence electrons. The first-order valence-electron chi connectivity index (χ1n) is 9.69. The molecule has 1 fully saturated rings. The summed E-state index contributed by atoms with van der Waals surface area (Å²) in [4.78, 5) is 38.6. The Bertz CT molecular complexity index is 978. The number of hydrogen-bond acceptors (Lipinski definition) is 3. The summed E-state index contributed by atoms with van der Waals surface area (Å²) < 4.78 is 27.2. The maximum atomic E-state index is 14.0. The monoisotopic (exact) mass is 415 g/mol. The second-order valence-corrected chi connectivity index (χ2v) is 7.64. The predicted molar refractivity (Wildman–Crippen MR) is 109 cm³/mol. The van der Waals surface area contributed by atoms with Crippen LogP contribution < -0.4 is 15.5 Å². The molecule has 30 heavy (non-hydrogen) atoms. The van der Waals surface area contributed by atoms with Crippen LogP contribution in [0.5, 0.6) is 0 Å². The smallest absolute Gasteiger partial charge is 0.253 e. The minimum atomic E-state index is -0.864. The van der Waals surface area contributed by atoms with Crippen LogP contribution >= 0.6 is 0 Å². The summed E-state index contributed by atoms with van der Waals surface area (Å²) in [5, 5.41) is 5.51. The Morgan fingerprint density at radius 1 is 1.17 bits per heavy atom. The largest absolute Gasteiger partial charge is 0.352 e. The molecule has 0 aromatic heterocycles. The molecule has 1 heterocycles. The van der Waals surface area contributed by atoms with E-state index in [1.165, 1.54) is 6.07 Å². The van der Waals surface area contributed by atoms with E-state index in [4.69, 9.17) is 0 Å². The lowest BCUT2D eigenvalue weighted by molar-refractivity contribution is -0.122. The molecule has 2 aromatic carbocycles. The van der Waals surface area contributed by atoms with Crippen molar-refractivity contribution in [3.63, 3.8) is 0 Å². The van der Waals surface area contributed by atoms with Crippen LogP contribution in [0, 0.1) is 23.5 Å². The van der Waals surface area contributed by atoms with Gasteiger partial charge in [-0.15, -0.1) is 0 Å². The predicted octanol–water partition coefficient (Wildman–Crippen LogP) is 3.34. The molecule has 0 saturated carbocycles. The topological polar surface area (TPSA) is 78.5 Å². The zero-order valence-corrected chi connectivity index (χ0v) is 16.7. The van der Waals surface area contributed by atoms with Crippen molar-refractivity contribution in [3.05, 3.63) is 59.7 Å². The summed E-state index contributed by atoms with van der Waals surface area (Å²) in [5.74, 6) is -3.24. The summed E-state index contributed by atoms with van der Waals surface area (Å²) >= 11 is 0. The number of para-hydroxylation sites is 1. The number of rotatable bonds is 6. The van der Waals surface area contributed by atoms with Crippen LogP contribution in [0.3, 0.4) is 0 Å². The minimum absolute atomic E-state index is 0.0328. The lowest BCUT2D eigenvalue weighted by atomic mass is 10.1. The van der Waals surface area contributed by atoms with Crippen molar-refractivity contribution in [2.45, 2.75) is 20.3 Å². The van der Waals surface area contributed by atoms with Crippen LogP contribution in [0.25, 0.3) is 0 Å². The Morgan fingerprint density at radius 3 is 2.60 bits per heavy atom. The number of nitrogens with zero attached hydrogens (tertiary/aromatic N) is 1. The summed E-state index contributed by atoms with van der Waals surface area (Å²) in [6.07, 6.45) is -0.107. The molecule has 6 nitrogen and oxygen atoms in total. The highest BCUT2D eigenvalue weighted by Gasteiger charge is 2.36. The SMILES string of the molecule is CC(C)CNC(=O)c1ccccc1NC(=O)C1CC(=O)N(c2ccc(F)cc2F)C1. The maximum absolute atomic E-state index is 14.0. The molecule has 0 aliphatic carbocycles. The molecule has 3 amide bonds. The number of hydrogen-bond donors (Lipinski definition) is 2. The Hall–Kier alpha value is -3.29. The van der Waals surface area contributed by atoms with Crippen LogP contribution in [0.1, 0.15) is 30.6 Å². The van der Waals surface area contributed by atoms with Gasteiger partial charge in [0.05, 0.1) is 22.9 Å². The number of anilines is 2. The van der Waals surface area contributed by atoms with Gasteiger partial charge in [0.2, 0.25) is 11.8 Å². The maximum Gasteiger partial charge on any atom is 0.253 e. The second-order valence-electron chi connectivity index (χ2n) is 7.64. The molecule has 0 bridgehead atoms. The third kappa shape index (κ3) is 4.82. The van der Waals surface area contributed by atoms with E-state index in [-0.39, 0.29) is 30.5 Å². The first-order valence-corrected chi connectivity index (χ1v) is 9.69. The average molecular weight is 415 g/mol. The van der Waals surface area contributed by atoms with Gasteiger partial charge in [0.15, 0.2) is 0 Å². The molecule has 0 radical (unpaired) electrons. The van der Waals surface area contributed by atoms with Gasteiger partial charge in [-0.1, -0.05) is 26.0 Å². The normalized spacial score (nSPS) is 16.1. The number of carbonyl (C=O) groups excluding carboxylic acids is 3. The van der Waals surface area contributed by atoms with E-state index in [0.29, 0.717) is 23.9 Å². The number of amides is 3. The van der Waals surface area contributed by atoms with Crippen molar-refractivity contribution < 1.29 is 23.2 Å². The third-order valence-electron chi connectivity index (χ3n) is 4.80. The molecule has 3 rings (SSSR count). The minimum Gasteiger partial charge on any atom is -0.352 e. The summed E-state index contributed by atoms with van der Waals surface area (Å²) in [5.41, 5.74) is 0.588. The van der Waals surface area contributed by atoms with Crippen molar-refractivity contribution in [1.82, 2.24) is 5.32 Å². The van der Waals surface area contributed by atoms with Crippen molar-refractivity contribution >= 4 is 29.1 Å². The van der Waals surface area contributed by atoms with Gasteiger partial charge in [0, 0.05) is 25.6 Å². The molecular weight excluding hydrogens is 392 g/mol. The molecule has 1 saturated heterocycles. The van der Waals surface area contributed by atoms with Gasteiger partial charge in [0.1, 0.15) is 11.6 Å². The van der Waals surface area contributed by atoms with Crippen LogP contribution in [0.2, 0.25) is 0 Å². The van der Waals surface area contributed by atoms with Crippen molar-refractivity contribution in [1.29, 1.82) is 0 Å². The van der Waals surface area contributed by atoms with E-state index in [1.54, 1.807) is 24.3 Å². The van der Waals surface area contributed by atoms with Gasteiger partial charge in [-0.25, -0.2) is 8.78 Å². The number of halogens is 2. The highest BCUT2D eigenvalue weighted by molar-refractivity contribution is 6.07. The number of benzene rings is 2. The molecule has 1 aliphatic rings. The van der Waals surface area contributed by atoms with Gasteiger partial charge in [-0.05, 0) is 30.2 Å². The Morgan fingerprint density at radius 2 is 1.90 bits per heavy atom. The van der Waals surface area contributed by atoms with Gasteiger partial charge in [0.25, 0.3) is 5.91 Å². The van der Waals surface area contributed by atoms with E-state index in [2.05, 4.69) is 10.6 Å². The molecule has 2 aromatic rings. The Kier molecular flexibility index (Phi) is 6.44. The van der Waals surface area contributed by atoms with Crippen LogP contribution in [-0.4, -0.2) is 30.8 Å². The third-order valence-corrected chi connectivity index (χ3v) is 4.80. The first kappa shape index (κ1) is 21.4. The molecular formula is C22H23F2N3O3. The zero-order chi connectivity index (χ0) is 21.8. The van der Waals surface area contributed by atoms with E-state index < -0.39 is 29.4 Å². The summed E-state index contributed by atoms with van der Waals surface area (Å²) in [6, 6.07) is 9.53. The van der Waals surface area contributed by atoms with E-state index in [9.17, 15) is 23.2 Å². The highest BCUT2D eigenvalue weighted by atomic mass is 19.1. The zero-order valence-electron chi connectivity index (χ0n) is 16.7. The fraction of sp³-hybridized carbons (Fsp3) is 0.318. The lowest BCUT2D eigenvalue weighted by Crippen LogP contribution is -2.30. The van der Waals surface area contributed by atoms with Crippen molar-refractivity contribution in [2.24, 2.45) is 11.8 Å². The molecule has 1 unspecified atom stereocenters. The molecule has 0 spiro atoms. The number of carbonyl (C=O) groups is 3. The van der Waals surface area contributed by atoms with E-state index in [1.807, 2.05) is 13.8 Å². The van der Waals surface area contributed by atoms with E-state index >= 15 is 0 Å². The standard InChI is InChI=1S/C22H23F2N3O3/c1-13(2)11-25-22(30)16-5-3-4-6-18(16)26-21(29)14-9-20(28)27(12-14)19-8-7-15(23)10-17(19)24/h3-8,10,13-14H,9,11-12H2,1-2H3,(H,25,30)(H,26,29). The summed E-state index contributed by atoms with van der Waals surface area (Å²) in [6.45, 7) is 4.41. The Labute approximate surface area is 173 Å². The van der Waals surface area contributed by atoms with Crippen LogP contribution in [0.4, 0.5) is 20.2 Å². The molecule has 2 N–H and O–H groups in total. The lowest BCUT2D eigenvalue weighted by Gasteiger charge is -2.18. The van der Waals surface area contributed by atoms with Gasteiger partial charge in [-0.2, -0.15) is 0 Å². The van der Waals surface area contributed by atoms with E-state index in [0.717, 1.165) is 11.0 Å². The van der Waals surface area contributed by atoms with Crippen LogP contribution in [-0.2, 0) is 9.59 Å². The van der Waals surface area contributed by atoms with Gasteiger partial charge < -0.3 is 15.5 Å². The fourth-order valence-electron chi connectivity index (χ4n) is 3.23. The van der Waals surface area contributed by atoms with Gasteiger partial charge in [-0.3, -0.25) is 14.4 Å². The van der Waals surface area contributed by atoms with Crippen molar-refractivity contribution in [3.8, 4) is 0 Å². The summed E-state index contributed by atoms with van der Waals surface area (Å²) in [7, 11) is 0. The highest BCUT2D eigenvalue weighted by Crippen LogP contribution is 2.29. The fourth-order valence-corrected chi connectivity index (χ4v) is 3.23. The van der Waals surface area contributed by atoms with Gasteiger partial charge >= 0.3 is 0 Å². The average Bonchev–Trinajstić information content (AvgIpc) is 3.08. The molecule has 1 atom stereocenters. The van der Waals surface area contributed by atoms with Crippen LogP contribution in [0.15, 0.2) is 42.5 Å². The quantitative estimate of drug-likeness (QED) is 0.760. The molecule has 1 aliphatic heterocycles. The first-order chi connectivity index (χ1) is 14.3. The number of nitrogens with one attached hydrogen (secondary N) is 2. The molecule has 8 heteroatoms.